The molecule has 0 spiro atoms. The summed E-state index contributed by atoms with van der Waals surface area (Å²) in [6.07, 6.45) is -0.662. The standard InChI is InChI=1S/C31H31N3O6/c1-20(32-30(39)40-18-26-24-13-7-5-11-22(24)23-12-6-8-14-25(23)26)28(37)33-31(17-21-9-3-2-4-10-21)19-34(29(31)38)16-15-27(35)36/h2-14,20,26H,15-19H2,1H3,(H,32,39)(H,33,37)(H,35,36)/t20-,31+/m0/s1. The Balaban J connectivity index is 1.20. The van der Waals surface area contributed by atoms with Gasteiger partial charge in [0.05, 0.1) is 13.0 Å². The predicted molar refractivity (Wildman–Crippen MR) is 148 cm³/mol. The van der Waals surface area contributed by atoms with E-state index >= 15 is 0 Å². The van der Waals surface area contributed by atoms with Crippen LogP contribution in [0, 0.1) is 0 Å². The number of β-lactam (4-membered cyclic amide) rings is 1. The van der Waals surface area contributed by atoms with Crippen LogP contribution in [0.5, 0.6) is 0 Å². The summed E-state index contributed by atoms with van der Waals surface area (Å²) in [5.74, 6) is -1.99. The van der Waals surface area contributed by atoms with Crippen molar-refractivity contribution in [2.45, 2.75) is 37.3 Å². The van der Waals surface area contributed by atoms with Crippen molar-refractivity contribution in [1.29, 1.82) is 0 Å². The normalized spacial score (nSPS) is 18.2. The number of ether oxygens (including phenoxy) is 1. The number of amides is 3. The van der Waals surface area contributed by atoms with Gasteiger partial charge in [-0.3, -0.25) is 14.4 Å². The number of fused-ring (bicyclic) bond motifs is 3. The number of nitrogens with one attached hydrogen (secondary N) is 2. The second-order valence-electron chi connectivity index (χ2n) is 10.3. The maximum atomic E-state index is 13.1. The molecule has 5 rings (SSSR count). The highest BCUT2D eigenvalue weighted by Crippen LogP contribution is 2.44. The van der Waals surface area contributed by atoms with Crippen LogP contribution in [0.1, 0.15) is 36.0 Å². The van der Waals surface area contributed by atoms with Crippen LogP contribution in [0.15, 0.2) is 78.9 Å². The van der Waals surface area contributed by atoms with E-state index in [0.29, 0.717) is 0 Å². The van der Waals surface area contributed by atoms with Crippen LogP contribution in [-0.4, -0.2) is 65.2 Å². The van der Waals surface area contributed by atoms with E-state index in [2.05, 4.69) is 22.8 Å². The number of carbonyl (C=O) groups excluding carboxylic acids is 3. The van der Waals surface area contributed by atoms with E-state index in [1.807, 2.05) is 66.7 Å². The summed E-state index contributed by atoms with van der Waals surface area (Å²) in [5.41, 5.74) is 4.04. The van der Waals surface area contributed by atoms with Gasteiger partial charge >= 0.3 is 12.1 Å². The van der Waals surface area contributed by atoms with E-state index in [-0.39, 0.29) is 44.4 Å². The van der Waals surface area contributed by atoms with Crippen molar-refractivity contribution in [2.24, 2.45) is 0 Å². The van der Waals surface area contributed by atoms with Gasteiger partial charge in [-0.05, 0) is 34.7 Å². The Morgan fingerprint density at radius 3 is 2.17 bits per heavy atom. The molecule has 0 unspecified atom stereocenters. The Labute approximate surface area is 232 Å². The second-order valence-corrected chi connectivity index (χ2v) is 10.3. The van der Waals surface area contributed by atoms with Gasteiger partial charge in [0.1, 0.15) is 18.2 Å². The molecule has 0 bridgehead atoms. The fraction of sp³-hybridized carbons (Fsp3) is 0.290. The molecule has 206 valence electrons. The molecule has 1 saturated heterocycles. The molecule has 3 aromatic rings. The maximum Gasteiger partial charge on any atom is 0.407 e. The Kier molecular flexibility index (Phi) is 7.55. The molecule has 1 aliphatic carbocycles. The molecule has 9 heteroatoms. The van der Waals surface area contributed by atoms with E-state index in [1.165, 1.54) is 11.8 Å². The highest BCUT2D eigenvalue weighted by molar-refractivity contribution is 5.98. The fourth-order valence-electron chi connectivity index (χ4n) is 5.53. The largest absolute Gasteiger partial charge is 0.481 e. The molecule has 1 heterocycles. The van der Waals surface area contributed by atoms with Crippen molar-refractivity contribution in [3.63, 3.8) is 0 Å². The molecular weight excluding hydrogens is 510 g/mol. The molecule has 2 aliphatic rings. The van der Waals surface area contributed by atoms with Gasteiger partial charge in [-0.1, -0.05) is 78.9 Å². The van der Waals surface area contributed by atoms with Gasteiger partial charge in [-0.15, -0.1) is 0 Å². The van der Waals surface area contributed by atoms with Crippen molar-refractivity contribution in [1.82, 2.24) is 15.5 Å². The predicted octanol–water partition coefficient (Wildman–Crippen LogP) is 3.33. The minimum absolute atomic E-state index is 0.0636. The average molecular weight is 542 g/mol. The first-order valence-electron chi connectivity index (χ1n) is 13.3. The van der Waals surface area contributed by atoms with E-state index in [9.17, 15) is 19.2 Å². The van der Waals surface area contributed by atoms with Gasteiger partial charge in [0.2, 0.25) is 5.91 Å². The quantitative estimate of drug-likeness (QED) is 0.338. The Morgan fingerprint density at radius 2 is 1.57 bits per heavy atom. The van der Waals surface area contributed by atoms with Gasteiger partial charge in [0, 0.05) is 18.9 Å². The number of alkyl carbamates (subject to hydrolysis) is 1. The molecular formula is C31H31N3O6. The number of carboxylic acid groups (broad SMARTS) is 1. The van der Waals surface area contributed by atoms with Crippen molar-refractivity contribution >= 4 is 23.9 Å². The van der Waals surface area contributed by atoms with Crippen LogP contribution >= 0.6 is 0 Å². The lowest BCUT2D eigenvalue weighted by molar-refractivity contribution is -0.157. The van der Waals surface area contributed by atoms with Gasteiger partial charge in [0.15, 0.2) is 0 Å². The topological polar surface area (TPSA) is 125 Å². The third-order valence-electron chi connectivity index (χ3n) is 7.54. The Morgan fingerprint density at radius 1 is 0.975 bits per heavy atom. The third kappa shape index (κ3) is 5.40. The zero-order valence-electron chi connectivity index (χ0n) is 22.1. The van der Waals surface area contributed by atoms with Crippen molar-refractivity contribution < 1.29 is 29.0 Å². The number of likely N-dealkylation sites (tertiary alicyclic amines) is 1. The monoisotopic (exact) mass is 541 g/mol. The first kappa shape index (κ1) is 26.9. The van der Waals surface area contributed by atoms with Crippen molar-refractivity contribution in [2.75, 3.05) is 19.7 Å². The SMILES string of the molecule is C[C@H](NC(=O)OCC1c2ccccc2-c2ccccc21)C(=O)N[C@]1(Cc2ccccc2)CN(CCC(=O)O)C1=O. The molecule has 0 saturated carbocycles. The number of nitrogens with zero attached hydrogens (tertiary/aromatic N) is 1. The van der Waals surface area contributed by atoms with Gasteiger partial charge in [-0.25, -0.2) is 4.79 Å². The number of carbonyl (C=O) groups is 4. The van der Waals surface area contributed by atoms with Crippen LogP contribution in [0.25, 0.3) is 11.1 Å². The summed E-state index contributed by atoms with van der Waals surface area (Å²) in [5, 5.41) is 14.4. The number of benzene rings is 3. The fourth-order valence-corrected chi connectivity index (χ4v) is 5.53. The Bertz CT molecular complexity index is 1400. The maximum absolute atomic E-state index is 13.1. The average Bonchev–Trinajstić information content (AvgIpc) is 3.27. The van der Waals surface area contributed by atoms with Gasteiger partial charge in [-0.2, -0.15) is 0 Å². The first-order valence-corrected chi connectivity index (χ1v) is 13.3. The van der Waals surface area contributed by atoms with E-state index in [4.69, 9.17) is 9.84 Å². The van der Waals surface area contributed by atoms with Crippen molar-refractivity contribution in [3.8, 4) is 11.1 Å². The molecule has 2 atom stereocenters. The minimum atomic E-state index is -1.21. The van der Waals surface area contributed by atoms with Gasteiger partial charge < -0.3 is 25.4 Å². The zero-order chi connectivity index (χ0) is 28.3. The van der Waals surface area contributed by atoms with Crippen LogP contribution < -0.4 is 10.6 Å². The minimum Gasteiger partial charge on any atom is -0.481 e. The molecule has 3 aromatic carbocycles. The zero-order valence-corrected chi connectivity index (χ0v) is 22.1. The summed E-state index contributed by atoms with van der Waals surface area (Å²) in [6, 6.07) is 24.3. The third-order valence-corrected chi connectivity index (χ3v) is 7.54. The summed E-state index contributed by atoms with van der Waals surface area (Å²) in [6.45, 7) is 1.88. The van der Waals surface area contributed by atoms with Crippen LogP contribution in [0.4, 0.5) is 4.79 Å². The molecule has 3 amide bonds. The number of carboxylic acids is 1. The molecule has 9 nitrogen and oxygen atoms in total. The molecule has 1 aliphatic heterocycles. The lowest BCUT2D eigenvalue weighted by Crippen LogP contribution is -2.76. The van der Waals surface area contributed by atoms with Crippen LogP contribution in [-0.2, 0) is 25.5 Å². The van der Waals surface area contributed by atoms with Crippen molar-refractivity contribution in [3.05, 3.63) is 95.6 Å². The van der Waals surface area contributed by atoms with Crippen LogP contribution in [0.2, 0.25) is 0 Å². The number of rotatable bonds is 10. The van der Waals surface area contributed by atoms with Crippen LogP contribution in [0.3, 0.4) is 0 Å². The molecule has 40 heavy (non-hydrogen) atoms. The summed E-state index contributed by atoms with van der Waals surface area (Å²) >= 11 is 0. The summed E-state index contributed by atoms with van der Waals surface area (Å²) < 4.78 is 5.56. The summed E-state index contributed by atoms with van der Waals surface area (Å²) in [7, 11) is 0. The lowest BCUT2D eigenvalue weighted by Gasteiger charge is -2.49. The first-order chi connectivity index (χ1) is 19.3. The van der Waals surface area contributed by atoms with E-state index in [0.717, 1.165) is 27.8 Å². The lowest BCUT2D eigenvalue weighted by atomic mass is 9.81. The number of hydrogen-bond donors (Lipinski definition) is 3. The van der Waals surface area contributed by atoms with Gasteiger partial charge in [0.25, 0.3) is 5.91 Å². The molecule has 0 radical (unpaired) electrons. The van der Waals surface area contributed by atoms with E-state index < -0.39 is 29.6 Å². The number of hydrogen-bond acceptors (Lipinski definition) is 5. The second kappa shape index (κ2) is 11.2. The molecule has 0 aromatic heterocycles. The highest BCUT2D eigenvalue weighted by atomic mass is 16.5. The molecule has 1 fully saturated rings. The van der Waals surface area contributed by atoms with E-state index in [1.54, 1.807) is 0 Å². The highest BCUT2D eigenvalue weighted by Gasteiger charge is 2.53. The Hall–Kier alpha value is -4.66. The summed E-state index contributed by atoms with van der Waals surface area (Å²) in [4.78, 5) is 51.4. The number of aliphatic carboxylic acids is 1. The smallest absolute Gasteiger partial charge is 0.407 e. The molecule has 3 N–H and O–H groups in total.